The van der Waals surface area contributed by atoms with E-state index in [1.807, 2.05) is 0 Å². The van der Waals surface area contributed by atoms with Gasteiger partial charge in [-0.15, -0.1) is 0 Å². The summed E-state index contributed by atoms with van der Waals surface area (Å²) in [6, 6.07) is 0. The van der Waals surface area contributed by atoms with Gasteiger partial charge >= 0.3 is 0 Å². The molecule has 2 saturated heterocycles. The van der Waals surface area contributed by atoms with E-state index in [4.69, 9.17) is 9.94 Å². The molecule has 0 bridgehead atoms. The van der Waals surface area contributed by atoms with Crippen LogP contribution in [0, 0.1) is 5.41 Å². The molecule has 0 amide bonds. The van der Waals surface area contributed by atoms with Gasteiger partial charge in [0.15, 0.2) is 0 Å². The van der Waals surface area contributed by atoms with Gasteiger partial charge in [0.1, 0.15) is 0 Å². The Hall–Kier alpha value is -0.120. The van der Waals surface area contributed by atoms with E-state index in [1.165, 1.54) is 5.06 Å². The minimum Gasteiger partial charge on any atom is -0.380 e. The molecule has 2 aliphatic rings. The number of ether oxygens (including phenoxy) is 1. The van der Waals surface area contributed by atoms with E-state index in [0.717, 1.165) is 32.7 Å². The van der Waals surface area contributed by atoms with Crippen molar-refractivity contribution in [2.75, 3.05) is 26.3 Å². The molecule has 2 rings (SSSR count). The summed E-state index contributed by atoms with van der Waals surface area (Å²) < 4.78 is 5.07. The monoisotopic (exact) mass is 129 g/mol. The Morgan fingerprint density at radius 3 is 2.44 bits per heavy atom. The molecule has 2 fully saturated rings. The van der Waals surface area contributed by atoms with Gasteiger partial charge in [-0.2, -0.15) is 5.06 Å². The molecule has 3 nitrogen and oxygen atoms in total. The standard InChI is InChI=1S/C6H11NO2/c8-7-2-1-6(3-7)4-9-5-6/h8H,1-5H2. The number of hydrogen-bond acceptors (Lipinski definition) is 3. The van der Waals surface area contributed by atoms with Crippen LogP contribution < -0.4 is 0 Å². The highest BCUT2D eigenvalue weighted by molar-refractivity contribution is 4.91. The molecular formula is C6H11NO2. The highest BCUT2D eigenvalue weighted by Crippen LogP contribution is 2.36. The number of hydrogen-bond donors (Lipinski definition) is 1. The van der Waals surface area contributed by atoms with Crippen molar-refractivity contribution in [1.29, 1.82) is 0 Å². The van der Waals surface area contributed by atoms with Crippen LogP contribution in [0.15, 0.2) is 0 Å². The first-order chi connectivity index (χ1) is 4.31. The van der Waals surface area contributed by atoms with E-state index in [-0.39, 0.29) is 0 Å². The summed E-state index contributed by atoms with van der Waals surface area (Å²) in [5, 5.41) is 10.4. The van der Waals surface area contributed by atoms with Gasteiger partial charge < -0.3 is 9.94 Å². The highest BCUT2D eigenvalue weighted by Gasteiger charge is 2.43. The Bertz CT molecular complexity index is 122. The van der Waals surface area contributed by atoms with Crippen molar-refractivity contribution in [3.05, 3.63) is 0 Å². The molecule has 1 spiro atoms. The van der Waals surface area contributed by atoms with Crippen LogP contribution in [-0.4, -0.2) is 36.6 Å². The van der Waals surface area contributed by atoms with E-state index < -0.39 is 0 Å². The van der Waals surface area contributed by atoms with Crippen LogP contribution in [0.2, 0.25) is 0 Å². The highest BCUT2D eigenvalue weighted by atomic mass is 16.5. The SMILES string of the molecule is ON1CCC2(COC2)C1. The molecule has 0 aromatic heterocycles. The lowest BCUT2D eigenvalue weighted by molar-refractivity contribution is -0.137. The molecule has 0 unspecified atom stereocenters. The summed E-state index contributed by atoms with van der Waals surface area (Å²) in [5.74, 6) is 0. The van der Waals surface area contributed by atoms with Crippen LogP contribution in [0.4, 0.5) is 0 Å². The third-order valence-corrected chi connectivity index (χ3v) is 2.23. The number of nitrogens with zero attached hydrogens (tertiary/aromatic N) is 1. The maximum atomic E-state index is 9.01. The fraction of sp³-hybridized carbons (Fsp3) is 1.00. The third kappa shape index (κ3) is 0.764. The first-order valence-corrected chi connectivity index (χ1v) is 3.32. The average Bonchev–Trinajstić information content (AvgIpc) is 2.09. The Kier molecular flexibility index (Phi) is 1.06. The molecule has 0 aromatic carbocycles. The van der Waals surface area contributed by atoms with Crippen molar-refractivity contribution in [3.8, 4) is 0 Å². The normalized spacial score (nSPS) is 33.0. The fourth-order valence-electron chi connectivity index (χ4n) is 1.54. The van der Waals surface area contributed by atoms with Gasteiger partial charge in [0, 0.05) is 18.5 Å². The maximum Gasteiger partial charge on any atom is 0.0558 e. The maximum absolute atomic E-state index is 9.01. The van der Waals surface area contributed by atoms with Gasteiger partial charge in [0.05, 0.1) is 13.2 Å². The van der Waals surface area contributed by atoms with Gasteiger partial charge in [-0.1, -0.05) is 0 Å². The second kappa shape index (κ2) is 1.68. The smallest absolute Gasteiger partial charge is 0.0558 e. The lowest BCUT2D eigenvalue weighted by Crippen LogP contribution is -2.44. The largest absolute Gasteiger partial charge is 0.380 e. The van der Waals surface area contributed by atoms with E-state index in [2.05, 4.69) is 0 Å². The van der Waals surface area contributed by atoms with E-state index >= 15 is 0 Å². The molecule has 3 heteroatoms. The summed E-state index contributed by atoms with van der Waals surface area (Å²) in [5.41, 5.74) is 0.342. The zero-order chi connectivity index (χ0) is 6.32. The number of rotatable bonds is 0. The minimum atomic E-state index is 0.342. The number of hydroxylamine groups is 2. The fourth-order valence-corrected chi connectivity index (χ4v) is 1.54. The lowest BCUT2D eigenvalue weighted by atomic mass is 9.85. The first-order valence-electron chi connectivity index (χ1n) is 3.32. The van der Waals surface area contributed by atoms with Crippen molar-refractivity contribution in [2.45, 2.75) is 6.42 Å². The molecule has 52 valence electrons. The molecule has 0 saturated carbocycles. The predicted octanol–water partition coefficient (Wildman–Crippen LogP) is 0.0979. The van der Waals surface area contributed by atoms with Crippen molar-refractivity contribution in [3.63, 3.8) is 0 Å². The topological polar surface area (TPSA) is 32.7 Å². The zero-order valence-corrected chi connectivity index (χ0v) is 5.34. The Labute approximate surface area is 54.2 Å². The summed E-state index contributed by atoms with van der Waals surface area (Å²) in [6.07, 6.45) is 1.10. The van der Waals surface area contributed by atoms with Crippen molar-refractivity contribution < 1.29 is 9.94 Å². The quantitative estimate of drug-likeness (QED) is 0.503. The molecule has 0 atom stereocenters. The first kappa shape index (κ1) is 5.65. The van der Waals surface area contributed by atoms with E-state index in [0.29, 0.717) is 5.41 Å². The molecule has 0 aromatic rings. The van der Waals surface area contributed by atoms with Gasteiger partial charge in [-0.05, 0) is 6.42 Å². The summed E-state index contributed by atoms with van der Waals surface area (Å²) in [4.78, 5) is 0. The van der Waals surface area contributed by atoms with Crippen molar-refractivity contribution in [1.82, 2.24) is 5.06 Å². The van der Waals surface area contributed by atoms with Crippen molar-refractivity contribution >= 4 is 0 Å². The van der Waals surface area contributed by atoms with Gasteiger partial charge in [0.2, 0.25) is 0 Å². The second-order valence-electron chi connectivity index (χ2n) is 3.13. The molecule has 0 aliphatic carbocycles. The van der Waals surface area contributed by atoms with Crippen LogP contribution in [0.25, 0.3) is 0 Å². The lowest BCUT2D eigenvalue weighted by Gasteiger charge is -2.37. The van der Waals surface area contributed by atoms with E-state index in [1.54, 1.807) is 0 Å². The summed E-state index contributed by atoms with van der Waals surface area (Å²) >= 11 is 0. The summed E-state index contributed by atoms with van der Waals surface area (Å²) in [7, 11) is 0. The summed E-state index contributed by atoms with van der Waals surface area (Å²) in [6.45, 7) is 3.34. The Morgan fingerprint density at radius 2 is 2.22 bits per heavy atom. The van der Waals surface area contributed by atoms with Gasteiger partial charge in [0.25, 0.3) is 0 Å². The van der Waals surface area contributed by atoms with Gasteiger partial charge in [-0.25, -0.2) is 0 Å². The zero-order valence-electron chi connectivity index (χ0n) is 5.34. The third-order valence-electron chi connectivity index (χ3n) is 2.23. The van der Waals surface area contributed by atoms with Crippen LogP contribution in [-0.2, 0) is 4.74 Å². The van der Waals surface area contributed by atoms with Gasteiger partial charge in [-0.3, -0.25) is 0 Å². The van der Waals surface area contributed by atoms with Crippen molar-refractivity contribution in [2.24, 2.45) is 5.41 Å². The Morgan fingerprint density at radius 1 is 1.44 bits per heavy atom. The van der Waals surface area contributed by atoms with Crippen LogP contribution in [0.3, 0.4) is 0 Å². The molecule has 1 N–H and O–H groups in total. The molecular weight excluding hydrogens is 118 g/mol. The van der Waals surface area contributed by atoms with Crippen LogP contribution >= 0.6 is 0 Å². The Balaban J connectivity index is 1.99. The molecule has 0 radical (unpaired) electrons. The minimum absolute atomic E-state index is 0.342. The van der Waals surface area contributed by atoms with Crippen LogP contribution in [0.1, 0.15) is 6.42 Å². The molecule has 9 heavy (non-hydrogen) atoms. The average molecular weight is 129 g/mol. The molecule has 2 aliphatic heterocycles. The van der Waals surface area contributed by atoms with Crippen LogP contribution in [0.5, 0.6) is 0 Å². The molecule has 2 heterocycles. The predicted molar refractivity (Wildman–Crippen MR) is 31.2 cm³/mol. The van der Waals surface area contributed by atoms with E-state index in [9.17, 15) is 0 Å². The second-order valence-corrected chi connectivity index (χ2v) is 3.13.